The molecule has 0 spiro atoms. The van der Waals surface area contributed by atoms with E-state index in [1.54, 1.807) is 12.1 Å². The highest BCUT2D eigenvalue weighted by Gasteiger charge is 2.31. The van der Waals surface area contributed by atoms with Crippen LogP contribution in [0.5, 0.6) is 5.75 Å². The molecule has 0 radical (unpaired) electrons. The van der Waals surface area contributed by atoms with Crippen molar-refractivity contribution in [3.8, 4) is 5.75 Å². The number of nitrogens with one attached hydrogen (secondary N) is 2. The van der Waals surface area contributed by atoms with Crippen molar-refractivity contribution >= 4 is 17.4 Å². The van der Waals surface area contributed by atoms with Gasteiger partial charge in [0.05, 0.1) is 0 Å². The van der Waals surface area contributed by atoms with Crippen molar-refractivity contribution in [2.24, 2.45) is 0 Å². The van der Waals surface area contributed by atoms with Crippen LogP contribution in [0.25, 0.3) is 0 Å². The van der Waals surface area contributed by atoms with Crippen molar-refractivity contribution < 1.29 is 22.7 Å². The van der Waals surface area contributed by atoms with E-state index in [-0.39, 0.29) is 5.69 Å². The lowest BCUT2D eigenvalue weighted by Crippen LogP contribution is -2.20. The second kappa shape index (κ2) is 6.60. The number of carbonyl (C=O) groups is 1. The molecule has 2 aromatic carbocycles. The zero-order chi connectivity index (χ0) is 17.0. The average Bonchev–Trinajstić information content (AvgIpc) is 2.41. The number of ether oxygens (including phenoxy) is 1. The standard InChI is InChI=1S/C16H15F3N2O2/c1-10-6-7-13(8-11(10)2)21-15(22)20-12-4-3-5-14(9-12)23-16(17,18)19/h3-9H,1-2H3,(H2,20,21,22). The lowest BCUT2D eigenvalue weighted by atomic mass is 10.1. The molecule has 0 aliphatic carbocycles. The summed E-state index contributed by atoms with van der Waals surface area (Å²) in [6.45, 7) is 3.86. The molecule has 0 unspecified atom stereocenters. The monoisotopic (exact) mass is 324 g/mol. The van der Waals surface area contributed by atoms with E-state index in [1.165, 1.54) is 12.1 Å². The van der Waals surface area contributed by atoms with Crippen LogP contribution in [-0.2, 0) is 0 Å². The highest BCUT2D eigenvalue weighted by atomic mass is 19.4. The molecule has 23 heavy (non-hydrogen) atoms. The van der Waals surface area contributed by atoms with Crippen LogP contribution in [0.15, 0.2) is 42.5 Å². The Labute approximate surface area is 131 Å². The number of halogens is 3. The maximum absolute atomic E-state index is 12.2. The van der Waals surface area contributed by atoms with E-state index < -0.39 is 18.1 Å². The van der Waals surface area contributed by atoms with Crippen LogP contribution in [0, 0.1) is 13.8 Å². The van der Waals surface area contributed by atoms with Crippen LogP contribution in [-0.4, -0.2) is 12.4 Å². The number of urea groups is 1. The van der Waals surface area contributed by atoms with Crippen molar-refractivity contribution in [3.05, 3.63) is 53.6 Å². The van der Waals surface area contributed by atoms with E-state index >= 15 is 0 Å². The third kappa shape index (κ3) is 5.21. The van der Waals surface area contributed by atoms with E-state index in [0.717, 1.165) is 23.3 Å². The second-order valence-corrected chi connectivity index (χ2v) is 4.95. The third-order valence-corrected chi connectivity index (χ3v) is 3.09. The fourth-order valence-corrected chi connectivity index (χ4v) is 1.88. The summed E-state index contributed by atoms with van der Waals surface area (Å²) < 4.78 is 40.3. The molecule has 0 atom stereocenters. The number of hydrogen-bond donors (Lipinski definition) is 2. The molecule has 0 saturated heterocycles. The zero-order valence-corrected chi connectivity index (χ0v) is 12.5. The SMILES string of the molecule is Cc1ccc(NC(=O)Nc2cccc(OC(F)(F)F)c2)cc1C. The first-order chi connectivity index (χ1) is 10.7. The smallest absolute Gasteiger partial charge is 0.406 e. The Bertz CT molecular complexity index is 715. The predicted molar refractivity (Wildman–Crippen MR) is 81.7 cm³/mol. The van der Waals surface area contributed by atoms with Crippen LogP contribution in [0.1, 0.15) is 11.1 Å². The van der Waals surface area contributed by atoms with E-state index in [9.17, 15) is 18.0 Å². The predicted octanol–water partition coefficient (Wildman–Crippen LogP) is 4.85. The summed E-state index contributed by atoms with van der Waals surface area (Å²) in [6.07, 6.45) is -4.78. The Hall–Kier alpha value is -2.70. The normalized spacial score (nSPS) is 11.0. The van der Waals surface area contributed by atoms with Gasteiger partial charge in [-0.2, -0.15) is 0 Å². The van der Waals surface area contributed by atoms with Gasteiger partial charge in [-0.3, -0.25) is 0 Å². The average molecular weight is 324 g/mol. The molecule has 2 aromatic rings. The number of amides is 2. The number of alkyl halides is 3. The lowest BCUT2D eigenvalue weighted by Gasteiger charge is -2.12. The van der Waals surface area contributed by atoms with Crippen LogP contribution in [0.3, 0.4) is 0 Å². The van der Waals surface area contributed by atoms with Crippen LogP contribution in [0.2, 0.25) is 0 Å². The van der Waals surface area contributed by atoms with Crippen LogP contribution in [0.4, 0.5) is 29.3 Å². The molecule has 0 aliphatic heterocycles. The third-order valence-electron chi connectivity index (χ3n) is 3.09. The van der Waals surface area contributed by atoms with Gasteiger partial charge in [-0.15, -0.1) is 13.2 Å². The van der Waals surface area contributed by atoms with E-state index in [2.05, 4.69) is 15.4 Å². The summed E-state index contributed by atoms with van der Waals surface area (Å²) in [5, 5.41) is 5.07. The number of hydrogen-bond acceptors (Lipinski definition) is 2. The summed E-state index contributed by atoms with van der Waals surface area (Å²) in [5.41, 5.74) is 2.89. The molecule has 0 bridgehead atoms. The van der Waals surface area contributed by atoms with Gasteiger partial charge in [-0.05, 0) is 49.2 Å². The molecule has 7 heteroatoms. The molecule has 0 aliphatic rings. The molecule has 0 saturated carbocycles. The second-order valence-electron chi connectivity index (χ2n) is 4.95. The first kappa shape index (κ1) is 16.7. The maximum Gasteiger partial charge on any atom is 0.573 e. The Balaban J connectivity index is 2.02. The van der Waals surface area contributed by atoms with Gasteiger partial charge in [0.2, 0.25) is 0 Å². The summed E-state index contributed by atoms with van der Waals surface area (Å²) in [4.78, 5) is 11.9. The maximum atomic E-state index is 12.2. The summed E-state index contributed by atoms with van der Waals surface area (Å²) >= 11 is 0. The highest BCUT2D eigenvalue weighted by molar-refractivity contribution is 5.99. The Morgan fingerprint density at radius 3 is 2.22 bits per heavy atom. The van der Waals surface area contributed by atoms with Gasteiger partial charge in [0.25, 0.3) is 0 Å². The minimum atomic E-state index is -4.78. The topological polar surface area (TPSA) is 50.4 Å². The molecule has 0 heterocycles. The molecule has 2 amide bonds. The van der Waals surface area contributed by atoms with Gasteiger partial charge in [-0.1, -0.05) is 12.1 Å². The van der Waals surface area contributed by atoms with E-state index in [0.29, 0.717) is 5.69 Å². The van der Waals surface area contributed by atoms with Gasteiger partial charge in [0.1, 0.15) is 5.75 Å². The highest BCUT2D eigenvalue weighted by Crippen LogP contribution is 2.25. The van der Waals surface area contributed by atoms with Crippen molar-refractivity contribution in [1.29, 1.82) is 0 Å². The van der Waals surface area contributed by atoms with Crippen LogP contribution >= 0.6 is 0 Å². The summed E-state index contributed by atoms with van der Waals surface area (Å²) in [6, 6.07) is 9.91. The molecule has 122 valence electrons. The first-order valence-corrected chi connectivity index (χ1v) is 6.74. The number of benzene rings is 2. The van der Waals surface area contributed by atoms with Crippen molar-refractivity contribution in [3.63, 3.8) is 0 Å². The Kier molecular flexibility index (Phi) is 4.78. The molecule has 0 fully saturated rings. The zero-order valence-electron chi connectivity index (χ0n) is 12.5. The van der Waals surface area contributed by atoms with Gasteiger partial charge >= 0.3 is 12.4 Å². The summed E-state index contributed by atoms with van der Waals surface area (Å²) in [7, 11) is 0. The molecule has 2 N–H and O–H groups in total. The Morgan fingerprint density at radius 2 is 1.61 bits per heavy atom. The molecule has 4 nitrogen and oxygen atoms in total. The lowest BCUT2D eigenvalue weighted by molar-refractivity contribution is -0.274. The quantitative estimate of drug-likeness (QED) is 0.848. The van der Waals surface area contributed by atoms with Gasteiger partial charge in [0.15, 0.2) is 0 Å². The number of carbonyl (C=O) groups excluding carboxylic acids is 1. The van der Waals surface area contributed by atoms with Gasteiger partial charge in [-0.25, -0.2) is 4.79 Å². The van der Waals surface area contributed by atoms with Gasteiger partial charge in [0, 0.05) is 17.4 Å². The molecule has 2 rings (SSSR count). The van der Waals surface area contributed by atoms with E-state index in [1.807, 2.05) is 19.9 Å². The fourth-order valence-electron chi connectivity index (χ4n) is 1.88. The number of rotatable bonds is 3. The van der Waals surface area contributed by atoms with Crippen LogP contribution < -0.4 is 15.4 Å². The number of aryl methyl sites for hydroxylation is 2. The van der Waals surface area contributed by atoms with Crippen molar-refractivity contribution in [1.82, 2.24) is 0 Å². The van der Waals surface area contributed by atoms with E-state index in [4.69, 9.17) is 0 Å². The minimum Gasteiger partial charge on any atom is -0.406 e. The first-order valence-electron chi connectivity index (χ1n) is 6.74. The molecular weight excluding hydrogens is 309 g/mol. The molecule has 0 aromatic heterocycles. The minimum absolute atomic E-state index is 0.188. The van der Waals surface area contributed by atoms with Gasteiger partial charge < -0.3 is 15.4 Å². The van der Waals surface area contributed by atoms with Crippen molar-refractivity contribution in [2.75, 3.05) is 10.6 Å². The Morgan fingerprint density at radius 1 is 0.957 bits per heavy atom. The largest absolute Gasteiger partial charge is 0.573 e. The molecular formula is C16H15F3N2O2. The fraction of sp³-hybridized carbons (Fsp3) is 0.188. The number of anilines is 2. The summed E-state index contributed by atoms with van der Waals surface area (Å²) in [5.74, 6) is -0.401. The van der Waals surface area contributed by atoms with Crippen molar-refractivity contribution in [2.45, 2.75) is 20.2 Å².